The average Bonchev–Trinajstić information content (AvgIpc) is 3.13. The van der Waals surface area contributed by atoms with Gasteiger partial charge in [-0.25, -0.2) is 14.8 Å². The first-order valence-electron chi connectivity index (χ1n) is 5.95. The molecule has 2 heterocycles. The zero-order valence-corrected chi connectivity index (χ0v) is 12.3. The largest absolute Gasteiger partial charge is 0.420 e. The van der Waals surface area contributed by atoms with Crippen LogP contribution >= 0.6 is 22.7 Å². The summed E-state index contributed by atoms with van der Waals surface area (Å²) in [7, 11) is 0. The molecule has 0 fully saturated rings. The summed E-state index contributed by atoms with van der Waals surface area (Å²) in [5.41, 5.74) is 2.50. The minimum absolute atomic E-state index is 0.234. The highest BCUT2D eigenvalue weighted by Gasteiger charge is 2.13. The molecule has 0 aliphatic heterocycles. The molecule has 0 atom stereocenters. The lowest BCUT2D eigenvalue weighted by Gasteiger charge is -2.06. The SMILES string of the molecule is O=C(Nc1nccs1)Oc1ncsc1Nc1ccccc1. The number of aromatic nitrogens is 2. The molecule has 1 aromatic carbocycles. The minimum Gasteiger partial charge on any atom is -0.388 e. The number of hydrogen-bond donors (Lipinski definition) is 2. The van der Waals surface area contributed by atoms with Crippen LogP contribution in [-0.4, -0.2) is 16.1 Å². The lowest BCUT2D eigenvalue weighted by molar-refractivity contribution is 0.214. The molecule has 0 unspecified atom stereocenters. The zero-order chi connectivity index (χ0) is 14.5. The van der Waals surface area contributed by atoms with E-state index in [2.05, 4.69) is 20.6 Å². The van der Waals surface area contributed by atoms with Gasteiger partial charge < -0.3 is 10.1 Å². The van der Waals surface area contributed by atoms with Crippen molar-refractivity contribution < 1.29 is 9.53 Å². The Balaban J connectivity index is 1.66. The van der Waals surface area contributed by atoms with E-state index in [1.807, 2.05) is 30.3 Å². The maximum atomic E-state index is 11.8. The number of ether oxygens (including phenoxy) is 1. The lowest BCUT2D eigenvalue weighted by atomic mass is 10.3. The van der Waals surface area contributed by atoms with E-state index in [1.54, 1.807) is 17.1 Å². The molecule has 0 aliphatic rings. The van der Waals surface area contributed by atoms with Crippen molar-refractivity contribution in [2.24, 2.45) is 0 Å². The molecule has 106 valence electrons. The molecule has 2 N–H and O–H groups in total. The van der Waals surface area contributed by atoms with Crippen molar-refractivity contribution in [1.82, 2.24) is 9.97 Å². The number of nitrogens with one attached hydrogen (secondary N) is 2. The molecule has 6 nitrogen and oxygen atoms in total. The molecule has 21 heavy (non-hydrogen) atoms. The van der Waals surface area contributed by atoms with Gasteiger partial charge in [0.15, 0.2) is 10.1 Å². The van der Waals surface area contributed by atoms with E-state index < -0.39 is 6.09 Å². The summed E-state index contributed by atoms with van der Waals surface area (Å²) >= 11 is 2.67. The van der Waals surface area contributed by atoms with Gasteiger partial charge in [0.2, 0.25) is 0 Å². The Kier molecular flexibility index (Phi) is 4.08. The average molecular weight is 318 g/mol. The number of nitrogens with zero attached hydrogens (tertiary/aromatic N) is 2. The molecule has 3 rings (SSSR count). The standard InChI is InChI=1S/C13H10N4O2S2/c18-13(17-12-14-6-7-20-12)19-10-11(21-8-15-10)16-9-4-2-1-3-5-9/h1-8,16H,(H,14,17,18). The van der Waals surface area contributed by atoms with Crippen LogP contribution in [0.2, 0.25) is 0 Å². The fourth-order valence-corrected chi connectivity index (χ4v) is 2.67. The van der Waals surface area contributed by atoms with Gasteiger partial charge in [-0.15, -0.1) is 22.7 Å². The topological polar surface area (TPSA) is 76.1 Å². The third kappa shape index (κ3) is 3.56. The number of carbonyl (C=O) groups excluding carboxylic acids is 1. The number of benzene rings is 1. The Morgan fingerprint density at radius 2 is 2.00 bits per heavy atom. The second-order valence-electron chi connectivity index (χ2n) is 3.83. The van der Waals surface area contributed by atoms with E-state index in [0.29, 0.717) is 10.1 Å². The molecular formula is C13H10N4O2S2. The van der Waals surface area contributed by atoms with Crippen molar-refractivity contribution in [3.05, 3.63) is 47.4 Å². The van der Waals surface area contributed by atoms with Crippen LogP contribution in [0.4, 0.5) is 20.6 Å². The number of anilines is 3. The summed E-state index contributed by atoms with van der Waals surface area (Å²) < 4.78 is 5.18. The molecular weight excluding hydrogens is 308 g/mol. The molecule has 0 bridgehead atoms. The number of carbonyl (C=O) groups is 1. The Morgan fingerprint density at radius 1 is 1.14 bits per heavy atom. The van der Waals surface area contributed by atoms with E-state index >= 15 is 0 Å². The van der Waals surface area contributed by atoms with Crippen LogP contribution in [0, 0.1) is 0 Å². The van der Waals surface area contributed by atoms with Crippen LogP contribution in [0.3, 0.4) is 0 Å². The van der Waals surface area contributed by atoms with Gasteiger partial charge in [-0.2, -0.15) is 0 Å². The van der Waals surface area contributed by atoms with Gasteiger partial charge >= 0.3 is 6.09 Å². The van der Waals surface area contributed by atoms with Gasteiger partial charge in [-0.1, -0.05) is 18.2 Å². The number of para-hydroxylation sites is 1. The maximum absolute atomic E-state index is 11.8. The van der Waals surface area contributed by atoms with Gasteiger partial charge in [-0.05, 0) is 12.1 Å². The highest BCUT2D eigenvalue weighted by atomic mass is 32.1. The van der Waals surface area contributed by atoms with E-state index in [1.165, 1.54) is 22.7 Å². The van der Waals surface area contributed by atoms with Crippen molar-refractivity contribution in [2.45, 2.75) is 0 Å². The molecule has 3 aromatic rings. The lowest BCUT2D eigenvalue weighted by Crippen LogP contribution is -2.17. The van der Waals surface area contributed by atoms with Crippen molar-refractivity contribution >= 4 is 44.6 Å². The number of thiazole rings is 2. The molecule has 8 heteroatoms. The first-order chi connectivity index (χ1) is 10.3. The second-order valence-corrected chi connectivity index (χ2v) is 5.58. The van der Waals surface area contributed by atoms with E-state index in [4.69, 9.17) is 4.74 Å². The van der Waals surface area contributed by atoms with Gasteiger partial charge in [0, 0.05) is 17.3 Å². The fourth-order valence-electron chi connectivity index (χ4n) is 1.53. The summed E-state index contributed by atoms with van der Waals surface area (Å²) in [6, 6.07) is 9.59. The molecule has 1 amide bonds. The van der Waals surface area contributed by atoms with Crippen LogP contribution in [0.1, 0.15) is 0 Å². The van der Waals surface area contributed by atoms with Crippen LogP contribution in [0.25, 0.3) is 0 Å². The van der Waals surface area contributed by atoms with E-state index in [9.17, 15) is 4.79 Å². The molecule has 0 aliphatic carbocycles. The Morgan fingerprint density at radius 3 is 2.76 bits per heavy atom. The van der Waals surface area contributed by atoms with Gasteiger partial charge in [0.1, 0.15) is 0 Å². The van der Waals surface area contributed by atoms with Crippen LogP contribution in [0.15, 0.2) is 47.4 Å². The zero-order valence-electron chi connectivity index (χ0n) is 10.6. The van der Waals surface area contributed by atoms with E-state index in [-0.39, 0.29) is 5.88 Å². The third-order valence-electron chi connectivity index (χ3n) is 2.40. The van der Waals surface area contributed by atoms with Crippen molar-refractivity contribution in [2.75, 3.05) is 10.6 Å². The monoisotopic (exact) mass is 318 g/mol. The Labute approximate surface area is 128 Å². The molecule has 0 spiro atoms. The van der Waals surface area contributed by atoms with Crippen LogP contribution < -0.4 is 15.4 Å². The van der Waals surface area contributed by atoms with Gasteiger partial charge in [0.25, 0.3) is 5.88 Å². The minimum atomic E-state index is -0.619. The summed E-state index contributed by atoms with van der Waals surface area (Å²) in [6.07, 6.45) is 0.984. The Hall–Kier alpha value is -2.45. The molecule has 2 aromatic heterocycles. The molecule has 0 saturated carbocycles. The van der Waals surface area contributed by atoms with Crippen molar-refractivity contribution in [3.63, 3.8) is 0 Å². The Bertz CT molecular complexity index is 713. The molecule has 0 saturated heterocycles. The van der Waals surface area contributed by atoms with Crippen LogP contribution in [0.5, 0.6) is 5.88 Å². The summed E-state index contributed by atoms with van der Waals surface area (Å²) in [4.78, 5) is 19.7. The number of hydrogen-bond acceptors (Lipinski definition) is 7. The third-order valence-corrected chi connectivity index (χ3v) is 3.81. The predicted molar refractivity (Wildman–Crippen MR) is 83.6 cm³/mol. The highest BCUT2D eigenvalue weighted by Crippen LogP contribution is 2.31. The highest BCUT2D eigenvalue weighted by molar-refractivity contribution is 7.14. The normalized spacial score (nSPS) is 10.1. The van der Waals surface area contributed by atoms with Gasteiger partial charge in [0.05, 0.1) is 5.51 Å². The molecule has 0 radical (unpaired) electrons. The van der Waals surface area contributed by atoms with Crippen molar-refractivity contribution in [1.29, 1.82) is 0 Å². The van der Waals surface area contributed by atoms with Crippen LogP contribution in [-0.2, 0) is 0 Å². The quantitative estimate of drug-likeness (QED) is 0.761. The number of rotatable bonds is 4. The second kappa shape index (κ2) is 6.33. The maximum Gasteiger partial charge on any atom is 0.420 e. The van der Waals surface area contributed by atoms with Crippen molar-refractivity contribution in [3.8, 4) is 5.88 Å². The first kappa shape index (κ1) is 13.5. The van der Waals surface area contributed by atoms with E-state index in [0.717, 1.165) is 5.69 Å². The predicted octanol–water partition coefficient (Wildman–Crippen LogP) is 3.95. The smallest absolute Gasteiger partial charge is 0.388 e. The number of amides is 1. The summed E-state index contributed by atoms with van der Waals surface area (Å²) in [5, 5.41) is 8.60. The summed E-state index contributed by atoms with van der Waals surface area (Å²) in [5.74, 6) is 0.234. The fraction of sp³-hybridized carbons (Fsp3) is 0. The first-order valence-corrected chi connectivity index (χ1v) is 7.71. The van der Waals surface area contributed by atoms with Gasteiger partial charge in [-0.3, -0.25) is 5.32 Å². The summed E-state index contributed by atoms with van der Waals surface area (Å²) in [6.45, 7) is 0.